The van der Waals surface area contributed by atoms with E-state index in [1.54, 1.807) is 18.9 Å². The lowest BCUT2D eigenvalue weighted by Gasteiger charge is -2.11. The molecule has 0 unspecified atom stereocenters. The number of hydrogen-bond acceptors (Lipinski definition) is 5. The van der Waals surface area contributed by atoms with Gasteiger partial charge in [0.1, 0.15) is 0 Å². The van der Waals surface area contributed by atoms with Crippen LogP contribution in [0.5, 0.6) is 17.4 Å². The SMILES string of the molecule is CCc1cc(Oc2ccccc2OC)nc(SCc2ccc(C)cc2)n1. The van der Waals surface area contributed by atoms with E-state index in [1.165, 1.54) is 11.1 Å². The third kappa shape index (κ3) is 4.76. The van der Waals surface area contributed by atoms with Gasteiger partial charge in [-0.2, -0.15) is 4.98 Å². The van der Waals surface area contributed by atoms with E-state index >= 15 is 0 Å². The summed E-state index contributed by atoms with van der Waals surface area (Å²) in [5, 5.41) is 0.717. The highest BCUT2D eigenvalue weighted by Crippen LogP contribution is 2.31. The molecular weight excluding hydrogens is 344 g/mol. The number of methoxy groups -OCH3 is 1. The van der Waals surface area contributed by atoms with Gasteiger partial charge < -0.3 is 9.47 Å². The van der Waals surface area contributed by atoms with Crippen LogP contribution in [0.1, 0.15) is 23.7 Å². The molecule has 3 rings (SSSR count). The summed E-state index contributed by atoms with van der Waals surface area (Å²) in [6.07, 6.45) is 0.822. The van der Waals surface area contributed by atoms with Crippen LogP contribution >= 0.6 is 11.8 Å². The Morgan fingerprint density at radius 1 is 0.962 bits per heavy atom. The largest absolute Gasteiger partial charge is 0.493 e. The molecule has 0 saturated heterocycles. The Labute approximate surface area is 158 Å². The first-order valence-corrected chi connectivity index (χ1v) is 9.53. The van der Waals surface area contributed by atoms with Crippen LogP contribution in [0.2, 0.25) is 0 Å². The molecule has 0 atom stereocenters. The van der Waals surface area contributed by atoms with Gasteiger partial charge in [0.25, 0.3) is 0 Å². The number of benzene rings is 2. The smallest absolute Gasteiger partial charge is 0.223 e. The number of para-hydroxylation sites is 2. The van der Waals surface area contributed by atoms with Crippen molar-refractivity contribution in [3.63, 3.8) is 0 Å². The van der Waals surface area contributed by atoms with Gasteiger partial charge in [-0.3, -0.25) is 0 Å². The Morgan fingerprint density at radius 3 is 2.38 bits per heavy atom. The van der Waals surface area contributed by atoms with Crippen molar-refractivity contribution in [2.45, 2.75) is 31.2 Å². The van der Waals surface area contributed by atoms with Gasteiger partial charge in [0.05, 0.1) is 7.11 Å². The molecule has 0 fully saturated rings. The number of rotatable bonds is 7. The predicted octanol–water partition coefficient (Wildman–Crippen LogP) is 5.44. The van der Waals surface area contributed by atoms with Crippen molar-refractivity contribution < 1.29 is 9.47 Å². The second kappa shape index (κ2) is 8.72. The summed E-state index contributed by atoms with van der Waals surface area (Å²) in [5.41, 5.74) is 3.46. The summed E-state index contributed by atoms with van der Waals surface area (Å²) in [5.74, 6) is 2.68. The maximum Gasteiger partial charge on any atom is 0.223 e. The van der Waals surface area contributed by atoms with Crippen LogP contribution in [-0.2, 0) is 12.2 Å². The molecule has 0 spiro atoms. The summed E-state index contributed by atoms with van der Waals surface area (Å²) in [4.78, 5) is 9.17. The van der Waals surface area contributed by atoms with E-state index in [0.29, 0.717) is 17.4 Å². The molecule has 0 saturated carbocycles. The Bertz CT molecular complexity index is 866. The van der Waals surface area contributed by atoms with E-state index in [2.05, 4.69) is 48.1 Å². The zero-order valence-corrected chi connectivity index (χ0v) is 16.0. The lowest BCUT2D eigenvalue weighted by Crippen LogP contribution is -1.98. The molecule has 0 aliphatic heterocycles. The summed E-state index contributed by atoms with van der Waals surface area (Å²) < 4.78 is 11.3. The van der Waals surface area contributed by atoms with Crippen molar-refractivity contribution in [3.8, 4) is 17.4 Å². The Morgan fingerprint density at radius 2 is 1.69 bits per heavy atom. The number of aryl methyl sites for hydroxylation is 2. The highest BCUT2D eigenvalue weighted by Gasteiger charge is 2.10. The fourth-order valence-corrected chi connectivity index (χ4v) is 3.22. The topological polar surface area (TPSA) is 44.2 Å². The van der Waals surface area contributed by atoms with E-state index < -0.39 is 0 Å². The number of ether oxygens (including phenoxy) is 2. The third-order valence-electron chi connectivity index (χ3n) is 3.87. The molecule has 1 aromatic heterocycles. The Hall–Kier alpha value is -2.53. The molecule has 5 heteroatoms. The van der Waals surface area contributed by atoms with Crippen molar-refractivity contribution in [2.24, 2.45) is 0 Å². The minimum absolute atomic E-state index is 0.535. The summed E-state index contributed by atoms with van der Waals surface area (Å²) in [6, 6.07) is 17.9. The van der Waals surface area contributed by atoms with Crippen LogP contribution in [0.3, 0.4) is 0 Å². The molecule has 4 nitrogen and oxygen atoms in total. The van der Waals surface area contributed by atoms with Gasteiger partial charge in [-0.05, 0) is 31.0 Å². The highest BCUT2D eigenvalue weighted by atomic mass is 32.2. The predicted molar refractivity (Wildman–Crippen MR) is 105 cm³/mol. The van der Waals surface area contributed by atoms with E-state index in [1.807, 2.05) is 30.3 Å². The van der Waals surface area contributed by atoms with Gasteiger partial charge in [0.2, 0.25) is 5.88 Å². The molecule has 2 aromatic carbocycles. The summed E-state index contributed by atoms with van der Waals surface area (Å²) >= 11 is 1.61. The second-order valence-electron chi connectivity index (χ2n) is 5.86. The van der Waals surface area contributed by atoms with Crippen LogP contribution in [-0.4, -0.2) is 17.1 Å². The highest BCUT2D eigenvalue weighted by molar-refractivity contribution is 7.98. The molecule has 26 heavy (non-hydrogen) atoms. The first kappa shape index (κ1) is 18.3. The van der Waals surface area contributed by atoms with Crippen LogP contribution < -0.4 is 9.47 Å². The molecule has 0 aliphatic carbocycles. The molecule has 0 N–H and O–H groups in total. The van der Waals surface area contributed by atoms with Crippen molar-refractivity contribution >= 4 is 11.8 Å². The molecule has 134 valence electrons. The zero-order chi connectivity index (χ0) is 18.4. The van der Waals surface area contributed by atoms with Crippen molar-refractivity contribution in [1.29, 1.82) is 0 Å². The van der Waals surface area contributed by atoms with E-state index in [0.717, 1.165) is 23.0 Å². The van der Waals surface area contributed by atoms with Crippen LogP contribution in [0.4, 0.5) is 0 Å². The van der Waals surface area contributed by atoms with E-state index in [9.17, 15) is 0 Å². The van der Waals surface area contributed by atoms with Crippen LogP contribution in [0.15, 0.2) is 59.8 Å². The minimum Gasteiger partial charge on any atom is -0.493 e. The molecule has 0 bridgehead atoms. The van der Waals surface area contributed by atoms with Gasteiger partial charge in [-0.15, -0.1) is 0 Å². The first-order chi connectivity index (χ1) is 12.7. The molecule has 1 heterocycles. The number of thioether (sulfide) groups is 1. The second-order valence-corrected chi connectivity index (χ2v) is 6.80. The molecule has 0 radical (unpaired) electrons. The fourth-order valence-electron chi connectivity index (χ4n) is 2.40. The lowest BCUT2D eigenvalue weighted by atomic mass is 10.2. The first-order valence-electron chi connectivity index (χ1n) is 8.55. The zero-order valence-electron chi connectivity index (χ0n) is 15.2. The summed E-state index contributed by atoms with van der Waals surface area (Å²) in [6.45, 7) is 4.16. The molecule has 0 amide bonds. The van der Waals surface area contributed by atoms with E-state index in [-0.39, 0.29) is 0 Å². The van der Waals surface area contributed by atoms with Crippen molar-refractivity contribution in [2.75, 3.05) is 7.11 Å². The van der Waals surface area contributed by atoms with Gasteiger partial charge in [0, 0.05) is 17.5 Å². The van der Waals surface area contributed by atoms with Gasteiger partial charge >= 0.3 is 0 Å². The maximum atomic E-state index is 5.96. The fraction of sp³-hybridized carbons (Fsp3) is 0.238. The average Bonchev–Trinajstić information content (AvgIpc) is 2.68. The maximum absolute atomic E-state index is 5.96. The number of nitrogens with zero attached hydrogens (tertiary/aromatic N) is 2. The Kier molecular flexibility index (Phi) is 6.12. The summed E-state index contributed by atoms with van der Waals surface area (Å²) in [7, 11) is 1.63. The lowest BCUT2D eigenvalue weighted by molar-refractivity contribution is 0.372. The van der Waals surface area contributed by atoms with Crippen molar-refractivity contribution in [3.05, 3.63) is 71.4 Å². The van der Waals surface area contributed by atoms with E-state index in [4.69, 9.17) is 9.47 Å². The molecule has 0 aliphatic rings. The molecule has 3 aromatic rings. The third-order valence-corrected chi connectivity index (χ3v) is 4.79. The van der Waals surface area contributed by atoms with Gasteiger partial charge in [0.15, 0.2) is 16.7 Å². The standard InChI is InChI=1S/C21H22N2O2S/c1-4-17-13-20(25-19-8-6-5-7-18(19)24-3)23-21(22-17)26-14-16-11-9-15(2)10-12-16/h5-13H,4,14H2,1-3H3. The van der Waals surface area contributed by atoms with Crippen LogP contribution in [0.25, 0.3) is 0 Å². The van der Waals surface area contributed by atoms with Gasteiger partial charge in [-0.1, -0.05) is 60.6 Å². The number of hydrogen-bond donors (Lipinski definition) is 0. The Balaban J connectivity index is 1.78. The minimum atomic E-state index is 0.535. The quantitative estimate of drug-likeness (QED) is 0.411. The van der Waals surface area contributed by atoms with Crippen molar-refractivity contribution in [1.82, 2.24) is 9.97 Å². The number of aromatic nitrogens is 2. The monoisotopic (exact) mass is 366 g/mol. The average molecular weight is 366 g/mol. The normalized spacial score (nSPS) is 10.6. The molecular formula is C21H22N2O2S. The van der Waals surface area contributed by atoms with Gasteiger partial charge in [-0.25, -0.2) is 4.98 Å². The van der Waals surface area contributed by atoms with Crippen LogP contribution in [0, 0.1) is 6.92 Å².